The van der Waals surface area contributed by atoms with Crippen molar-refractivity contribution in [3.63, 3.8) is 0 Å². The first-order valence-electron chi connectivity index (χ1n) is 9.89. The lowest BCUT2D eigenvalue weighted by Gasteiger charge is -2.40. The van der Waals surface area contributed by atoms with Gasteiger partial charge in [0.1, 0.15) is 5.60 Å². The first kappa shape index (κ1) is 19.3. The Balaban J connectivity index is 1.15. The van der Waals surface area contributed by atoms with Gasteiger partial charge in [-0.05, 0) is 56.7 Å². The predicted molar refractivity (Wildman–Crippen MR) is 109 cm³/mol. The van der Waals surface area contributed by atoms with Gasteiger partial charge in [0.25, 0.3) is 5.91 Å². The number of carbonyl (C=O) groups is 1. The summed E-state index contributed by atoms with van der Waals surface area (Å²) in [6, 6.07) is 6.06. The molecule has 7 heteroatoms. The van der Waals surface area contributed by atoms with E-state index in [9.17, 15) is 9.90 Å². The Kier molecular flexibility index (Phi) is 5.57. The average Bonchev–Trinajstić information content (AvgIpc) is 3.38. The van der Waals surface area contributed by atoms with Crippen molar-refractivity contribution in [3.8, 4) is 0 Å². The number of nitrogens with zero attached hydrogens (tertiary/aromatic N) is 2. The number of rotatable bonds is 6. The van der Waals surface area contributed by atoms with Gasteiger partial charge in [0.2, 0.25) is 0 Å². The van der Waals surface area contributed by atoms with Gasteiger partial charge in [-0.15, -0.1) is 0 Å². The predicted octanol–water partition coefficient (Wildman–Crippen LogP) is 2.93. The van der Waals surface area contributed by atoms with Crippen molar-refractivity contribution in [2.75, 3.05) is 37.6 Å². The molecular formula is C20H27Cl2N3O2. The van der Waals surface area contributed by atoms with Crippen LogP contribution in [-0.2, 0) is 4.79 Å². The normalized spacial score (nSPS) is 27.1. The molecule has 5 nitrogen and oxygen atoms in total. The number of aliphatic hydroxyl groups is 1. The summed E-state index contributed by atoms with van der Waals surface area (Å²) in [5.74, 6) is 0.520. The number of benzene rings is 1. The van der Waals surface area contributed by atoms with E-state index in [1.54, 1.807) is 0 Å². The third-order valence-corrected chi connectivity index (χ3v) is 7.02. The van der Waals surface area contributed by atoms with Gasteiger partial charge < -0.3 is 15.3 Å². The Morgan fingerprint density at radius 3 is 2.56 bits per heavy atom. The summed E-state index contributed by atoms with van der Waals surface area (Å²) in [6.45, 7) is 5.09. The molecule has 148 valence electrons. The van der Waals surface area contributed by atoms with Gasteiger partial charge in [-0.1, -0.05) is 29.3 Å². The van der Waals surface area contributed by atoms with Crippen molar-refractivity contribution in [1.29, 1.82) is 0 Å². The van der Waals surface area contributed by atoms with Crippen molar-refractivity contribution in [2.24, 2.45) is 5.92 Å². The lowest BCUT2D eigenvalue weighted by molar-refractivity contribution is -0.133. The quantitative estimate of drug-likeness (QED) is 0.755. The molecule has 0 aromatic heterocycles. The minimum atomic E-state index is -1.05. The third-order valence-electron chi connectivity index (χ3n) is 6.21. The summed E-state index contributed by atoms with van der Waals surface area (Å²) in [5.41, 5.74) is -0.0184. The van der Waals surface area contributed by atoms with E-state index in [2.05, 4.69) is 15.1 Å². The average molecular weight is 412 g/mol. The summed E-state index contributed by atoms with van der Waals surface area (Å²) in [7, 11) is 0. The molecule has 0 radical (unpaired) electrons. The molecule has 1 amide bonds. The molecule has 4 rings (SSSR count). The van der Waals surface area contributed by atoms with E-state index >= 15 is 0 Å². The summed E-state index contributed by atoms with van der Waals surface area (Å²) >= 11 is 12.5. The molecule has 2 saturated carbocycles. The number of anilines is 1. The first-order chi connectivity index (χ1) is 12.9. The summed E-state index contributed by atoms with van der Waals surface area (Å²) in [4.78, 5) is 16.7. The summed E-state index contributed by atoms with van der Waals surface area (Å²) in [5, 5.41) is 14.0. The Bertz CT molecular complexity index is 696. The molecule has 3 fully saturated rings. The molecular weight excluding hydrogens is 385 g/mol. The van der Waals surface area contributed by atoms with Crippen molar-refractivity contribution < 1.29 is 9.90 Å². The second-order valence-corrected chi connectivity index (χ2v) is 9.01. The van der Waals surface area contributed by atoms with Crippen LogP contribution in [0, 0.1) is 5.92 Å². The minimum Gasteiger partial charge on any atom is -0.380 e. The zero-order valence-electron chi connectivity index (χ0n) is 15.5. The molecule has 2 aliphatic carbocycles. The van der Waals surface area contributed by atoms with E-state index in [-0.39, 0.29) is 11.9 Å². The van der Waals surface area contributed by atoms with Crippen LogP contribution in [0.3, 0.4) is 0 Å². The zero-order chi connectivity index (χ0) is 19.0. The Hall–Kier alpha value is -1.01. The molecule has 1 saturated heterocycles. The highest BCUT2D eigenvalue weighted by molar-refractivity contribution is 6.43. The molecule has 1 aliphatic heterocycles. The van der Waals surface area contributed by atoms with Crippen LogP contribution in [0.25, 0.3) is 0 Å². The fourth-order valence-corrected chi connectivity index (χ4v) is 4.48. The van der Waals surface area contributed by atoms with Gasteiger partial charge >= 0.3 is 0 Å². The molecule has 0 spiro atoms. The lowest BCUT2D eigenvalue weighted by Crippen LogP contribution is -2.50. The molecule has 1 aromatic carbocycles. The van der Waals surface area contributed by atoms with E-state index in [4.69, 9.17) is 23.2 Å². The SMILES string of the molecule is O=C(NC1CC(CCN2CCN(c3cccc(Cl)c3Cl)CC2)C1)C1(O)CC1. The number of amides is 1. The van der Waals surface area contributed by atoms with Crippen LogP contribution in [0.1, 0.15) is 32.1 Å². The molecule has 1 heterocycles. The topological polar surface area (TPSA) is 55.8 Å². The van der Waals surface area contributed by atoms with Crippen LogP contribution in [-0.4, -0.2) is 60.3 Å². The molecule has 2 N–H and O–H groups in total. The third kappa shape index (κ3) is 4.37. The van der Waals surface area contributed by atoms with Gasteiger partial charge in [-0.2, -0.15) is 0 Å². The molecule has 0 unspecified atom stereocenters. The summed E-state index contributed by atoms with van der Waals surface area (Å²) in [6.07, 6.45) is 4.48. The zero-order valence-corrected chi connectivity index (χ0v) is 17.0. The van der Waals surface area contributed by atoms with E-state index in [1.165, 1.54) is 6.42 Å². The monoisotopic (exact) mass is 411 g/mol. The second kappa shape index (κ2) is 7.78. The molecule has 3 aliphatic rings. The number of hydrogen-bond donors (Lipinski definition) is 2. The lowest BCUT2D eigenvalue weighted by atomic mass is 9.78. The van der Waals surface area contributed by atoms with Crippen molar-refractivity contribution in [3.05, 3.63) is 28.2 Å². The Labute approximate surface area is 170 Å². The largest absolute Gasteiger partial charge is 0.380 e. The Morgan fingerprint density at radius 1 is 1.19 bits per heavy atom. The maximum atomic E-state index is 11.8. The molecule has 1 aromatic rings. The first-order valence-corrected chi connectivity index (χ1v) is 10.6. The number of hydrogen-bond acceptors (Lipinski definition) is 4. The van der Waals surface area contributed by atoms with Crippen LogP contribution in [0.4, 0.5) is 5.69 Å². The van der Waals surface area contributed by atoms with Crippen LogP contribution in [0.15, 0.2) is 18.2 Å². The van der Waals surface area contributed by atoms with E-state index in [0.717, 1.165) is 51.3 Å². The number of nitrogens with one attached hydrogen (secondary N) is 1. The van der Waals surface area contributed by atoms with E-state index < -0.39 is 5.60 Å². The van der Waals surface area contributed by atoms with Gasteiger partial charge in [-0.3, -0.25) is 9.69 Å². The molecule has 0 bridgehead atoms. The van der Waals surface area contributed by atoms with E-state index in [0.29, 0.717) is 28.8 Å². The van der Waals surface area contributed by atoms with Crippen LogP contribution >= 0.6 is 23.2 Å². The molecule has 27 heavy (non-hydrogen) atoms. The maximum absolute atomic E-state index is 11.8. The van der Waals surface area contributed by atoms with Crippen LogP contribution < -0.4 is 10.2 Å². The van der Waals surface area contributed by atoms with Crippen LogP contribution in [0.2, 0.25) is 10.0 Å². The second-order valence-electron chi connectivity index (χ2n) is 8.23. The molecule has 0 atom stereocenters. The summed E-state index contributed by atoms with van der Waals surface area (Å²) < 4.78 is 0. The smallest absolute Gasteiger partial charge is 0.252 e. The van der Waals surface area contributed by atoms with E-state index in [1.807, 2.05) is 18.2 Å². The maximum Gasteiger partial charge on any atom is 0.252 e. The standard InChI is InChI=1S/C20H27Cl2N3O2/c21-16-2-1-3-17(18(16)22)25-10-8-24(9-11-25)7-4-14-12-15(13-14)23-19(26)20(27)5-6-20/h1-3,14-15,27H,4-13H2,(H,23,26). The highest BCUT2D eigenvalue weighted by Crippen LogP contribution is 2.37. The highest BCUT2D eigenvalue weighted by atomic mass is 35.5. The van der Waals surface area contributed by atoms with Gasteiger partial charge in [0.05, 0.1) is 15.7 Å². The van der Waals surface area contributed by atoms with Gasteiger partial charge in [-0.25, -0.2) is 0 Å². The van der Waals surface area contributed by atoms with Crippen molar-refractivity contribution >= 4 is 34.8 Å². The highest BCUT2D eigenvalue weighted by Gasteiger charge is 2.49. The Morgan fingerprint density at radius 2 is 1.89 bits per heavy atom. The number of halogens is 2. The van der Waals surface area contributed by atoms with Crippen molar-refractivity contribution in [1.82, 2.24) is 10.2 Å². The van der Waals surface area contributed by atoms with Gasteiger partial charge in [0.15, 0.2) is 0 Å². The number of piperazine rings is 1. The fraction of sp³-hybridized carbons (Fsp3) is 0.650. The van der Waals surface area contributed by atoms with Crippen molar-refractivity contribution in [2.45, 2.75) is 43.7 Å². The minimum absolute atomic E-state index is 0.165. The fourth-order valence-electron chi connectivity index (χ4n) is 4.07. The number of carbonyl (C=O) groups excluding carboxylic acids is 1. The van der Waals surface area contributed by atoms with Crippen LogP contribution in [0.5, 0.6) is 0 Å². The van der Waals surface area contributed by atoms with Gasteiger partial charge in [0, 0.05) is 32.2 Å².